The van der Waals surface area contributed by atoms with E-state index >= 15 is 0 Å². The lowest BCUT2D eigenvalue weighted by Gasteiger charge is -2.28. The average molecular weight is 220 g/mol. The van der Waals surface area contributed by atoms with E-state index in [0.29, 0.717) is 13.2 Å². The van der Waals surface area contributed by atoms with Gasteiger partial charge >= 0.3 is 15.3 Å². The van der Waals surface area contributed by atoms with Gasteiger partial charge in [-0.1, -0.05) is 0 Å². The van der Waals surface area contributed by atoms with Gasteiger partial charge in [0.1, 0.15) is 6.61 Å². The Morgan fingerprint density at radius 2 is 2.29 bits per heavy atom. The van der Waals surface area contributed by atoms with Gasteiger partial charge in [0.15, 0.2) is 6.29 Å². The quantitative estimate of drug-likeness (QED) is 0.363. The van der Waals surface area contributed by atoms with E-state index < -0.39 is 9.28 Å². The Labute approximate surface area is 85.1 Å². The third-order valence-corrected chi connectivity index (χ3v) is 3.13. The second-order valence-corrected chi connectivity index (χ2v) is 4.74. The van der Waals surface area contributed by atoms with E-state index in [0.717, 1.165) is 13.0 Å². The van der Waals surface area contributed by atoms with Crippen molar-refractivity contribution in [2.24, 2.45) is 0 Å². The zero-order valence-electron chi connectivity index (χ0n) is 8.52. The molecule has 1 saturated heterocycles. The van der Waals surface area contributed by atoms with Crippen LogP contribution in [0.4, 0.5) is 0 Å². The highest BCUT2D eigenvalue weighted by Gasteiger charge is 2.22. The summed E-state index contributed by atoms with van der Waals surface area (Å²) in [6.45, 7) is 4.77. The lowest BCUT2D eigenvalue weighted by Crippen LogP contribution is -2.36. The molecule has 2 atom stereocenters. The fourth-order valence-electron chi connectivity index (χ4n) is 0.974. The van der Waals surface area contributed by atoms with Crippen LogP contribution in [0, 0.1) is 0 Å². The van der Waals surface area contributed by atoms with Gasteiger partial charge < -0.3 is 18.3 Å². The molecule has 0 bridgehead atoms. The standard InChI is InChI=1S/C8H16O5Si/c1-7(9)10-5-6-12-14(2)13-8-3-4-11-8/h8,14H,3-6H2,1-2H3. The van der Waals surface area contributed by atoms with Crippen LogP contribution in [0.25, 0.3) is 0 Å². The van der Waals surface area contributed by atoms with Crippen LogP contribution >= 0.6 is 0 Å². The molecule has 0 radical (unpaired) electrons. The first-order chi connectivity index (χ1) is 6.68. The number of hydrogen-bond acceptors (Lipinski definition) is 5. The minimum atomic E-state index is -1.61. The first kappa shape index (κ1) is 11.6. The van der Waals surface area contributed by atoms with Crippen molar-refractivity contribution in [3.8, 4) is 0 Å². The fourth-order valence-corrected chi connectivity index (χ4v) is 2.12. The smallest absolute Gasteiger partial charge is 0.320 e. The predicted octanol–water partition coefficient (Wildman–Crippen LogP) is 0.179. The minimum Gasteiger partial charge on any atom is -0.463 e. The molecule has 0 aromatic carbocycles. The van der Waals surface area contributed by atoms with E-state index in [-0.39, 0.29) is 12.3 Å². The van der Waals surface area contributed by atoms with E-state index in [4.69, 9.17) is 18.3 Å². The summed E-state index contributed by atoms with van der Waals surface area (Å²) in [5.74, 6) is -0.286. The molecule has 1 aliphatic rings. The molecular weight excluding hydrogens is 204 g/mol. The molecule has 0 amide bonds. The van der Waals surface area contributed by atoms with Gasteiger partial charge in [-0.2, -0.15) is 0 Å². The molecule has 2 unspecified atom stereocenters. The van der Waals surface area contributed by atoms with E-state index in [2.05, 4.69) is 0 Å². The van der Waals surface area contributed by atoms with Gasteiger partial charge in [0.05, 0.1) is 13.2 Å². The van der Waals surface area contributed by atoms with Gasteiger partial charge in [0, 0.05) is 13.3 Å². The second-order valence-electron chi connectivity index (χ2n) is 3.00. The Bertz CT molecular complexity index is 183. The molecule has 6 heteroatoms. The zero-order chi connectivity index (χ0) is 10.4. The molecule has 1 aliphatic heterocycles. The predicted molar refractivity (Wildman–Crippen MR) is 51.0 cm³/mol. The Morgan fingerprint density at radius 3 is 2.79 bits per heavy atom. The first-order valence-corrected chi connectivity index (χ1v) is 6.80. The van der Waals surface area contributed by atoms with Gasteiger partial charge in [-0.25, -0.2) is 0 Å². The summed E-state index contributed by atoms with van der Waals surface area (Å²) in [7, 11) is -1.61. The molecule has 0 aliphatic carbocycles. The normalized spacial score (nSPS) is 22.6. The summed E-state index contributed by atoms with van der Waals surface area (Å²) in [5, 5.41) is 0. The van der Waals surface area contributed by atoms with Gasteiger partial charge in [0.2, 0.25) is 0 Å². The second kappa shape index (κ2) is 6.13. The minimum absolute atomic E-state index is 0.0645. The molecule has 1 rings (SSSR count). The van der Waals surface area contributed by atoms with Crippen molar-refractivity contribution in [3.05, 3.63) is 0 Å². The summed E-state index contributed by atoms with van der Waals surface area (Å²) < 4.78 is 20.6. The molecular formula is C8H16O5Si. The molecule has 0 aromatic rings. The number of rotatable bonds is 6. The maximum absolute atomic E-state index is 10.4. The third-order valence-electron chi connectivity index (χ3n) is 1.74. The van der Waals surface area contributed by atoms with E-state index in [1.54, 1.807) is 0 Å². The van der Waals surface area contributed by atoms with Gasteiger partial charge in [-0.15, -0.1) is 0 Å². The van der Waals surface area contributed by atoms with Crippen LogP contribution in [0.1, 0.15) is 13.3 Å². The van der Waals surface area contributed by atoms with Crippen molar-refractivity contribution in [2.45, 2.75) is 26.2 Å². The molecule has 0 saturated carbocycles. The van der Waals surface area contributed by atoms with Gasteiger partial charge in [-0.05, 0) is 6.55 Å². The van der Waals surface area contributed by atoms with Gasteiger partial charge in [-0.3, -0.25) is 4.79 Å². The largest absolute Gasteiger partial charge is 0.463 e. The number of ether oxygens (including phenoxy) is 2. The molecule has 5 nitrogen and oxygen atoms in total. The average Bonchev–Trinajstić information content (AvgIpc) is 2.05. The van der Waals surface area contributed by atoms with Crippen molar-refractivity contribution >= 4 is 15.3 Å². The van der Waals surface area contributed by atoms with Gasteiger partial charge in [0.25, 0.3) is 0 Å². The van der Waals surface area contributed by atoms with Crippen molar-refractivity contribution < 1.29 is 23.1 Å². The maximum Gasteiger partial charge on any atom is 0.320 e. The van der Waals surface area contributed by atoms with Crippen molar-refractivity contribution in [1.29, 1.82) is 0 Å². The monoisotopic (exact) mass is 220 g/mol. The van der Waals surface area contributed by atoms with E-state index in [1.165, 1.54) is 6.92 Å². The van der Waals surface area contributed by atoms with E-state index in [9.17, 15) is 4.79 Å². The van der Waals surface area contributed by atoms with Crippen LogP contribution in [0.2, 0.25) is 6.55 Å². The lowest BCUT2D eigenvalue weighted by molar-refractivity contribution is -0.175. The SMILES string of the molecule is CC(=O)OCCO[SiH](C)OC1CCO1. The third kappa shape index (κ3) is 4.71. The molecule has 0 N–H and O–H groups in total. The van der Waals surface area contributed by atoms with Crippen molar-refractivity contribution in [1.82, 2.24) is 0 Å². The fraction of sp³-hybridized carbons (Fsp3) is 0.875. The molecule has 0 spiro atoms. The zero-order valence-corrected chi connectivity index (χ0v) is 9.68. The number of esters is 1. The topological polar surface area (TPSA) is 54.0 Å². The molecule has 14 heavy (non-hydrogen) atoms. The summed E-state index contributed by atoms with van der Waals surface area (Å²) in [6, 6.07) is 0. The number of hydrogen-bond donors (Lipinski definition) is 0. The molecule has 0 aromatic heterocycles. The van der Waals surface area contributed by atoms with Crippen LogP contribution in [-0.2, 0) is 23.1 Å². The lowest BCUT2D eigenvalue weighted by atomic mass is 10.4. The summed E-state index contributed by atoms with van der Waals surface area (Å²) in [6.07, 6.45) is 0.885. The number of carbonyl (C=O) groups is 1. The Morgan fingerprint density at radius 1 is 1.57 bits per heavy atom. The summed E-state index contributed by atoms with van der Waals surface area (Å²) in [5.41, 5.74) is 0. The highest BCUT2D eigenvalue weighted by atomic mass is 28.3. The first-order valence-electron chi connectivity index (χ1n) is 4.70. The van der Waals surface area contributed by atoms with Crippen LogP contribution in [0.15, 0.2) is 0 Å². The van der Waals surface area contributed by atoms with Crippen LogP contribution in [0.5, 0.6) is 0 Å². The molecule has 82 valence electrons. The van der Waals surface area contributed by atoms with Crippen molar-refractivity contribution in [2.75, 3.05) is 19.8 Å². The number of carbonyl (C=O) groups excluding carboxylic acids is 1. The van der Waals surface area contributed by atoms with Crippen LogP contribution in [-0.4, -0.2) is 41.4 Å². The highest BCUT2D eigenvalue weighted by molar-refractivity contribution is 6.42. The Kier molecular flexibility index (Phi) is 5.09. The summed E-state index contributed by atoms with van der Waals surface area (Å²) in [4.78, 5) is 10.4. The Balaban J connectivity index is 1.91. The van der Waals surface area contributed by atoms with E-state index in [1.807, 2.05) is 6.55 Å². The highest BCUT2D eigenvalue weighted by Crippen LogP contribution is 2.13. The summed E-state index contributed by atoms with van der Waals surface area (Å²) >= 11 is 0. The maximum atomic E-state index is 10.4. The van der Waals surface area contributed by atoms with Crippen molar-refractivity contribution in [3.63, 3.8) is 0 Å². The van der Waals surface area contributed by atoms with Crippen LogP contribution in [0.3, 0.4) is 0 Å². The molecule has 1 fully saturated rings. The molecule has 1 heterocycles. The Hall–Kier alpha value is -0.433. The van der Waals surface area contributed by atoms with Crippen LogP contribution < -0.4 is 0 Å².